The number of carboxylic acids is 1. The Morgan fingerprint density at radius 2 is 1.95 bits per heavy atom. The maximum Gasteiger partial charge on any atom is 0.335 e. The Morgan fingerprint density at radius 1 is 1.27 bits per heavy atom. The second-order valence-electron chi connectivity index (χ2n) is 5.36. The molecular formula is C16H16N2O3S. The number of benzene rings is 1. The Hall–Kier alpha value is -2.08. The number of carboxylic acid groups (broad SMARTS) is 1. The molecular weight excluding hydrogens is 300 g/mol. The van der Waals surface area contributed by atoms with Crippen LogP contribution < -0.4 is 5.32 Å². The molecule has 1 aliphatic carbocycles. The van der Waals surface area contributed by atoms with E-state index in [0.717, 1.165) is 18.4 Å². The molecule has 2 N–H and O–H groups in total. The topological polar surface area (TPSA) is 78.8 Å². The van der Waals surface area contributed by atoms with Crippen molar-refractivity contribution in [3.05, 3.63) is 40.3 Å². The van der Waals surface area contributed by atoms with Crippen molar-refractivity contribution >= 4 is 34.9 Å². The van der Waals surface area contributed by atoms with E-state index in [1.54, 1.807) is 18.2 Å². The molecule has 2 fully saturated rings. The van der Waals surface area contributed by atoms with E-state index in [1.807, 2.05) is 0 Å². The third-order valence-electron chi connectivity index (χ3n) is 3.73. The lowest BCUT2D eigenvalue weighted by molar-refractivity contribution is -0.115. The van der Waals surface area contributed by atoms with Gasteiger partial charge < -0.3 is 10.4 Å². The fourth-order valence-electron chi connectivity index (χ4n) is 2.56. The molecule has 0 atom stereocenters. The first kappa shape index (κ1) is 14.8. The van der Waals surface area contributed by atoms with Crippen molar-refractivity contribution in [2.75, 3.05) is 0 Å². The molecule has 6 heteroatoms. The summed E-state index contributed by atoms with van der Waals surface area (Å²) in [5, 5.41) is 12.3. The van der Waals surface area contributed by atoms with Crippen LogP contribution in [0, 0.1) is 0 Å². The molecule has 1 heterocycles. The lowest BCUT2D eigenvalue weighted by atomic mass is 10.1. The highest BCUT2D eigenvalue weighted by Crippen LogP contribution is 2.29. The second-order valence-corrected chi connectivity index (χ2v) is 6.40. The Kier molecular flexibility index (Phi) is 4.29. The van der Waals surface area contributed by atoms with Crippen LogP contribution in [-0.4, -0.2) is 28.2 Å². The third-order valence-corrected chi connectivity index (χ3v) is 4.65. The van der Waals surface area contributed by atoms with Gasteiger partial charge in [0.2, 0.25) is 0 Å². The molecule has 1 aliphatic heterocycles. The molecule has 1 saturated heterocycles. The van der Waals surface area contributed by atoms with Crippen LogP contribution in [0.4, 0.5) is 0 Å². The van der Waals surface area contributed by atoms with E-state index in [4.69, 9.17) is 5.11 Å². The average molecular weight is 316 g/mol. The van der Waals surface area contributed by atoms with E-state index in [1.165, 1.54) is 36.7 Å². The number of hydrogen-bond acceptors (Lipinski definition) is 4. The molecule has 0 unspecified atom stereocenters. The van der Waals surface area contributed by atoms with Crippen molar-refractivity contribution in [2.45, 2.75) is 31.7 Å². The summed E-state index contributed by atoms with van der Waals surface area (Å²) < 4.78 is 0. The zero-order valence-electron chi connectivity index (χ0n) is 11.9. The van der Waals surface area contributed by atoms with Gasteiger partial charge in [0.05, 0.1) is 16.5 Å². The monoisotopic (exact) mass is 316 g/mol. The average Bonchev–Trinajstić information content (AvgIpc) is 3.11. The molecule has 114 valence electrons. The number of amides is 1. The molecule has 1 amide bonds. The van der Waals surface area contributed by atoms with Crippen molar-refractivity contribution in [3.63, 3.8) is 0 Å². The predicted octanol–water partition coefficient (Wildman–Crippen LogP) is 2.89. The Morgan fingerprint density at radius 3 is 2.59 bits per heavy atom. The van der Waals surface area contributed by atoms with Gasteiger partial charge in [0, 0.05) is 0 Å². The van der Waals surface area contributed by atoms with Gasteiger partial charge in [0.1, 0.15) is 0 Å². The first-order valence-electron chi connectivity index (χ1n) is 7.24. The normalized spacial score (nSPS) is 22.5. The molecule has 2 aliphatic rings. The molecule has 0 bridgehead atoms. The van der Waals surface area contributed by atoms with E-state index < -0.39 is 5.97 Å². The molecule has 0 spiro atoms. The zero-order chi connectivity index (χ0) is 15.5. The van der Waals surface area contributed by atoms with Gasteiger partial charge >= 0.3 is 5.97 Å². The Balaban J connectivity index is 1.73. The fraction of sp³-hybridized carbons (Fsp3) is 0.312. The van der Waals surface area contributed by atoms with Crippen LogP contribution in [0.15, 0.2) is 34.2 Å². The summed E-state index contributed by atoms with van der Waals surface area (Å²) in [6, 6.07) is 6.77. The standard InChI is InChI=1S/C16H16N2O3S/c19-14-13(9-10-5-7-11(8-6-10)15(20)21)22-16(18-14)17-12-3-1-2-4-12/h5-9,12H,1-4H2,(H,20,21)(H,17,18,19). The number of aliphatic imine (C=N–C) groups is 1. The lowest BCUT2D eigenvalue weighted by Crippen LogP contribution is -2.21. The minimum Gasteiger partial charge on any atom is -0.478 e. The van der Waals surface area contributed by atoms with E-state index >= 15 is 0 Å². The number of thioether (sulfide) groups is 1. The minimum absolute atomic E-state index is 0.149. The minimum atomic E-state index is -0.960. The molecule has 0 aromatic heterocycles. The van der Waals surface area contributed by atoms with Gasteiger partial charge in [0.15, 0.2) is 5.17 Å². The molecule has 1 aromatic carbocycles. The Labute approximate surface area is 132 Å². The van der Waals surface area contributed by atoms with E-state index in [0.29, 0.717) is 16.1 Å². The number of aromatic carboxylic acids is 1. The fourth-order valence-corrected chi connectivity index (χ4v) is 3.45. The highest BCUT2D eigenvalue weighted by molar-refractivity contribution is 8.18. The summed E-state index contributed by atoms with van der Waals surface area (Å²) in [6.45, 7) is 0. The number of nitrogens with one attached hydrogen (secondary N) is 1. The lowest BCUT2D eigenvalue weighted by Gasteiger charge is -2.02. The van der Waals surface area contributed by atoms with Crippen molar-refractivity contribution < 1.29 is 14.7 Å². The summed E-state index contributed by atoms with van der Waals surface area (Å²) in [5.74, 6) is -1.11. The smallest absolute Gasteiger partial charge is 0.335 e. The van der Waals surface area contributed by atoms with Gasteiger partial charge in [-0.25, -0.2) is 4.79 Å². The summed E-state index contributed by atoms with van der Waals surface area (Å²) in [7, 11) is 0. The van der Waals surface area contributed by atoms with Crippen molar-refractivity contribution in [3.8, 4) is 0 Å². The van der Waals surface area contributed by atoms with Crippen LogP contribution in [0.2, 0.25) is 0 Å². The Bertz CT molecular complexity index is 658. The number of carbonyl (C=O) groups is 2. The van der Waals surface area contributed by atoms with Gasteiger partial charge in [-0.1, -0.05) is 25.0 Å². The first-order chi connectivity index (χ1) is 10.6. The number of rotatable bonds is 3. The molecule has 1 aromatic rings. The van der Waals surface area contributed by atoms with Gasteiger partial charge in [0.25, 0.3) is 5.91 Å². The van der Waals surface area contributed by atoms with Gasteiger partial charge in [-0.05, 0) is 48.4 Å². The quantitative estimate of drug-likeness (QED) is 0.840. The summed E-state index contributed by atoms with van der Waals surface area (Å²) in [6.07, 6.45) is 6.35. The SMILES string of the molecule is O=C1NC(=NC2CCCC2)SC1=Cc1ccc(C(=O)O)cc1. The second kappa shape index (κ2) is 6.36. The van der Waals surface area contributed by atoms with Gasteiger partial charge in [-0.2, -0.15) is 0 Å². The van der Waals surface area contributed by atoms with Crippen LogP contribution in [0.3, 0.4) is 0 Å². The highest BCUT2D eigenvalue weighted by atomic mass is 32.2. The summed E-state index contributed by atoms with van der Waals surface area (Å²) >= 11 is 1.35. The molecule has 5 nitrogen and oxygen atoms in total. The predicted molar refractivity (Wildman–Crippen MR) is 86.8 cm³/mol. The van der Waals surface area contributed by atoms with E-state index in [9.17, 15) is 9.59 Å². The van der Waals surface area contributed by atoms with Crippen LogP contribution in [-0.2, 0) is 4.79 Å². The molecule has 0 radical (unpaired) electrons. The van der Waals surface area contributed by atoms with E-state index in [-0.39, 0.29) is 11.5 Å². The maximum atomic E-state index is 12.0. The molecule has 3 rings (SSSR count). The van der Waals surface area contributed by atoms with Gasteiger partial charge in [-0.3, -0.25) is 9.79 Å². The van der Waals surface area contributed by atoms with Crippen molar-refractivity contribution in [1.29, 1.82) is 0 Å². The van der Waals surface area contributed by atoms with Crippen molar-refractivity contribution in [1.82, 2.24) is 5.32 Å². The zero-order valence-corrected chi connectivity index (χ0v) is 12.7. The summed E-state index contributed by atoms with van der Waals surface area (Å²) in [4.78, 5) is 27.9. The third kappa shape index (κ3) is 3.39. The van der Waals surface area contributed by atoms with Crippen LogP contribution in [0.25, 0.3) is 6.08 Å². The highest BCUT2D eigenvalue weighted by Gasteiger charge is 2.25. The number of nitrogens with zero attached hydrogens (tertiary/aromatic N) is 1. The van der Waals surface area contributed by atoms with Crippen LogP contribution in [0.5, 0.6) is 0 Å². The molecule has 22 heavy (non-hydrogen) atoms. The van der Waals surface area contributed by atoms with Crippen LogP contribution in [0.1, 0.15) is 41.6 Å². The van der Waals surface area contributed by atoms with Crippen molar-refractivity contribution in [2.24, 2.45) is 4.99 Å². The first-order valence-corrected chi connectivity index (χ1v) is 8.05. The summed E-state index contributed by atoms with van der Waals surface area (Å²) in [5.41, 5.74) is 1.03. The maximum absolute atomic E-state index is 12.0. The largest absolute Gasteiger partial charge is 0.478 e. The van der Waals surface area contributed by atoms with E-state index in [2.05, 4.69) is 10.3 Å². The van der Waals surface area contributed by atoms with Gasteiger partial charge in [-0.15, -0.1) is 0 Å². The number of carbonyl (C=O) groups excluding carboxylic acids is 1. The number of hydrogen-bond donors (Lipinski definition) is 2. The number of amidine groups is 1. The molecule has 1 saturated carbocycles. The van der Waals surface area contributed by atoms with Crippen LogP contribution >= 0.6 is 11.8 Å².